The number of fused-ring (bicyclic) bond motifs is 1. The van der Waals surface area contributed by atoms with Crippen molar-refractivity contribution in [3.8, 4) is 0 Å². The molecule has 0 bridgehead atoms. The monoisotopic (exact) mass is 402 g/mol. The number of carbonyl (C=O) groups is 2. The van der Waals surface area contributed by atoms with Crippen LogP contribution < -0.4 is 5.32 Å². The number of piperidine rings is 1. The number of methoxy groups -OCH3 is 1. The minimum Gasteiger partial charge on any atom is -0.453 e. The average Bonchev–Trinajstić information content (AvgIpc) is 3.01. The number of aromatic nitrogens is 1. The first-order chi connectivity index (χ1) is 12.3. The minimum absolute atomic E-state index is 0.130. The molecule has 11 heteroatoms. The molecule has 0 saturated carbocycles. The number of carbonyl (C=O) groups excluding carboxylic acids is 2. The first-order valence-electron chi connectivity index (χ1n) is 8.35. The number of ether oxygens (including phenoxy) is 1. The number of nitrogens with zero attached hydrogens (tertiary/aromatic N) is 3. The third-order valence-corrected chi connectivity index (χ3v) is 6.99. The lowest BCUT2D eigenvalue weighted by molar-refractivity contribution is -0.120. The summed E-state index contributed by atoms with van der Waals surface area (Å²) in [6.45, 7) is 1.70. The average molecular weight is 402 g/mol. The van der Waals surface area contributed by atoms with Crippen molar-refractivity contribution < 1.29 is 22.7 Å². The van der Waals surface area contributed by atoms with E-state index >= 15 is 0 Å². The number of sulfonamides is 1. The maximum absolute atomic E-state index is 12.5. The highest BCUT2D eigenvalue weighted by Gasteiger charge is 2.30. The van der Waals surface area contributed by atoms with Crippen LogP contribution >= 0.6 is 11.3 Å². The summed E-state index contributed by atoms with van der Waals surface area (Å²) in [6.07, 6.45) is 2.45. The minimum atomic E-state index is -3.20. The smallest absolute Gasteiger partial charge is 0.409 e. The first kappa shape index (κ1) is 19.1. The maximum atomic E-state index is 12.5. The van der Waals surface area contributed by atoms with Gasteiger partial charge in [0.15, 0.2) is 5.13 Å². The Hall–Kier alpha value is -1.72. The van der Waals surface area contributed by atoms with Gasteiger partial charge in [-0.05, 0) is 12.8 Å². The topological polar surface area (TPSA) is 109 Å². The van der Waals surface area contributed by atoms with Gasteiger partial charge >= 0.3 is 6.09 Å². The molecule has 2 aliphatic rings. The molecule has 0 radical (unpaired) electrons. The van der Waals surface area contributed by atoms with Gasteiger partial charge < -0.3 is 15.0 Å². The summed E-state index contributed by atoms with van der Waals surface area (Å²) in [7, 11) is -1.85. The molecule has 1 aromatic rings. The van der Waals surface area contributed by atoms with Crippen molar-refractivity contribution in [2.75, 3.05) is 38.3 Å². The van der Waals surface area contributed by atoms with Crippen LogP contribution in [-0.4, -0.2) is 67.6 Å². The molecule has 1 fully saturated rings. The lowest BCUT2D eigenvalue weighted by Gasteiger charge is -2.29. The van der Waals surface area contributed by atoms with Crippen molar-refractivity contribution in [1.82, 2.24) is 14.2 Å². The molecule has 2 aliphatic heterocycles. The standard InChI is InChI=1S/C15H22N4O5S2/c1-24-15(21)18-6-5-11-12(9-18)25-14(16-11)17-13(20)10-3-7-19(8-4-10)26(2,22)23/h10H,3-9H2,1-2H3,(H,16,17,20). The zero-order valence-electron chi connectivity index (χ0n) is 14.7. The molecule has 2 amide bonds. The highest BCUT2D eigenvalue weighted by molar-refractivity contribution is 7.88. The van der Waals surface area contributed by atoms with E-state index in [1.807, 2.05) is 0 Å². The Balaban J connectivity index is 1.58. The molecule has 26 heavy (non-hydrogen) atoms. The molecule has 3 rings (SSSR count). The molecule has 0 spiro atoms. The van der Waals surface area contributed by atoms with E-state index in [0.717, 1.165) is 10.6 Å². The fourth-order valence-electron chi connectivity index (χ4n) is 3.19. The lowest BCUT2D eigenvalue weighted by Crippen LogP contribution is -2.40. The lowest BCUT2D eigenvalue weighted by atomic mass is 9.97. The van der Waals surface area contributed by atoms with Crippen molar-refractivity contribution in [3.63, 3.8) is 0 Å². The largest absolute Gasteiger partial charge is 0.453 e. The summed E-state index contributed by atoms with van der Waals surface area (Å²) in [6, 6.07) is 0. The van der Waals surface area contributed by atoms with Gasteiger partial charge in [0.25, 0.3) is 0 Å². The van der Waals surface area contributed by atoms with E-state index in [9.17, 15) is 18.0 Å². The molecule has 0 aromatic carbocycles. The van der Waals surface area contributed by atoms with Crippen molar-refractivity contribution in [3.05, 3.63) is 10.6 Å². The van der Waals surface area contributed by atoms with Crippen LogP contribution in [0, 0.1) is 5.92 Å². The number of anilines is 1. The molecular formula is C15H22N4O5S2. The molecule has 0 aliphatic carbocycles. The Morgan fingerprint density at radius 1 is 1.27 bits per heavy atom. The molecule has 3 heterocycles. The summed E-state index contributed by atoms with van der Waals surface area (Å²) in [5, 5.41) is 3.37. The van der Waals surface area contributed by atoms with Crippen molar-refractivity contribution >= 4 is 38.5 Å². The Kier molecular flexibility index (Phi) is 5.49. The number of rotatable bonds is 3. The molecule has 144 valence electrons. The van der Waals surface area contributed by atoms with Gasteiger partial charge in [-0.2, -0.15) is 0 Å². The Morgan fingerprint density at radius 2 is 1.96 bits per heavy atom. The normalized spacial score (nSPS) is 19.1. The van der Waals surface area contributed by atoms with Gasteiger partial charge in [0.2, 0.25) is 15.9 Å². The van der Waals surface area contributed by atoms with E-state index in [-0.39, 0.29) is 17.9 Å². The second-order valence-electron chi connectivity index (χ2n) is 6.46. The number of amides is 2. The van der Waals surface area contributed by atoms with Crippen LogP contribution in [0.3, 0.4) is 0 Å². The molecule has 9 nitrogen and oxygen atoms in total. The first-order valence-corrected chi connectivity index (χ1v) is 11.0. The molecule has 1 N–H and O–H groups in total. The van der Waals surface area contributed by atoms with E-state index in [2.05, 4.69) is 10.3 Å². The van der Waals surface area contributed by atoms with Crippen molar-refractivity contribution in [2.24, 2.45) is 5.92 Å². The molecule has 1 saturated heterocycles. The van der Waals surface area contributed by atoms with Crippen LogP contribution in [-0.2, 0) is 32.5 Å². The number of hydrogen-bond acceptors (Lipinski definition) is 7. The SMILES string of the molecule is COC(=O)N1CCc2nc(NC(=O)C3CCN(S(C)(=O)=O)CC3)sc2C1. The van der Waals surface area contributed by atoms with Crippen molar-refractivity contribution in [2.45, 2.75) is 25.8 Å². The third-order valence-electron chi connectivity index (χ3n) is 4.69. The predicted molar refractivity (Wildman–Crippen MR) is 96.4 cm³/mol. The maximum Gasteiger partial charge on any atom is 0.409 e. The quantitative estimate of drug-likeness (QED) is 0.804. The highest BCUT2D eigenvalue weighted by atomic mass is 32.2. The van der Waals surface area contributed by atoms with Gasteiger partial charge in [0.05, 0.1) is 25.6 Å². The van der Waals surface area contributed by atoms with Crippen molar-refractivity contribution in [1.29, 1.82) is 0 Å². The zero-order chi connectivity index (χ0) is 18.9. The number of thiazole rings is 1. The summed E-state index contributed by atoms with van der Waals surface area (Å²) < 4.78 is 29.2. The zero-order valence-corrected chi connectivity index (χ0v) is 16.4. The van der Waals surface area contributed by atoms with Gasteiger partial charge in [0, 0.05) is 36.9 Å². The van der Waals surface area contributed by atoms with Crippen LogP contribution in [0.1, 0.15) is 23.4 Å². The Labute approximate surface area is 156 Å². The molecular weight excluding hydrogens is 380 g/mol. The summed E-state index contributed by atoms with van der Waals surface area (Å²) in [5.74, 6) is -0.352. The summed E-state index contributed by atoms with van der Waals surface area (Å²) >= 11 is 1.37. The van der Waals surface area contributed by atoms with Crippen LogP contribution in [0.5, 0.6) is 0 Å². The second kappa shape index (κ2) is 7.49. The highest BCUT2D eigenvalue weighted by Crippen LogP contribution is 2.29. The van der Waals surface area contributed by atoms with E-state index < -0.39 is 10.0 Å². The molecule has 0 atom stereocenters. The van der Waals surface area contributed by atoms with E-state index in [1.54, 1.807) is 4.90 Å². The van der Waals surface area contributed by atoms with E-state index in [1.165, 1.54) is 29.0 Å². The number of nitrogens with one attached hydrogen (secondary N) is 1. The van der Waals surface area contributed by atoms with Gasteiger partial charge in [-0.1, -0.05) is 11.3 Å². The van der Waals surface area contributed by atoms with E-state index in [4.69, 9.17) is 4.74 Å². The van der Waals surface area contributed by atoms with Crippen LogP contribution in [0.15, 0.2) is 0 Å². The second-order valence-corrected chi connectivity index (χ2v) is 9.52. The van der Waals surface area contributed by atoms with Crippen LogP contribution in [0.25, 0.3) is 0 Å². The van der Waals surface area contributed by atoms with Gasteiger partial charge in [0.1, 0.15) is 0 Å². The Bertz CT molecular complexity index is 799. The summed E-state index contributed by atoms with van der Waals surface area (Å²) in [4.78, 5) is 31.1. The van der Waals surface area contributed by atoms with Crippen LogP contribution in [0.4, 0.5) is 9.93 Å². The number of hydrogen-bond donors (Lipinski definition) is 1. The Morgan fingerprint density at radius 3 is 2.58 bits per heavy atom. The third kappa shape index (κ3) is 4.15. The molecule has 0 unspecified atom stereocenters. The van der Waals surface area contributed by atoms with Gasteiger partial charge in [-0.25, -0.2) is 22.5 Å². The predicted octanol–water partition coefficient (Wildman–Crippen LogP) is 0.878. The van der Waals surface area contributed by atoms with E-state index in [0.29, 0.717) is 50.6 Å². The van der Waals surface area contributed by atoms with Gasteiger partial charge in [-0.15, -0.1) is 0 Å². The molecule has 1 aromatic heterocycles. The van der Waals surface area contributed by atoms with Crippen LogP contribution in [0.2, 0.25) is 0 Å². The fraction of sp³-hybridized carbons (Fsp3) is 0.667. The fourth-order valence-corrected chi connectivity index (χ4v) is 5.09. The summed E-state index contributed by atoms with van der Waals surface area (Å²) in [5.41, 5.74) is 0.900. The van der Waals surface area contributed by atoms with Gasteiger partial charge in [-0.3, -0.25) is 4.79 Å².